The minimum Gasteiger partial charge on any atom is -0.338 e. The summed E-state index contributed by atoms with van der Waals surface area (Å²) in [5.74, 6) is 1.00. The summed E-state index contributed by atoms with van der Waals surface area (Å²) in [4.78, 5) is 14.5. The molecule has 0 bridgehead atoms. The highest BCUT2D eigenvalue weighted by molar-refractivity contribution is 5.77. The van der Waals surface area contributed by atoms with Crippen molar-refractivity contribution in [2.24, 2.45) is 11.7 Å². The molecule has 1 aliphatic rings. The number of rotatable bonds is 5. The van der Waals surface area contributed by atoms with Crippen molar-refractivity contribution < 1.29 is 4.79 Å². The van der Waals surface area contributed by atoms with Gasteiger partial charge in [-0.1, -0.05) is 43.2 Å². The number of likely N-dealkylation sites (tertiary alicyclic amines) is 1. The van der Waals surface area contributed by atoms with Crippen LogP contribution in [0, 0.1) is 12.8 Å². The fraction of sp³-hybridized carbons (Fsp3) is 0.611. The highest BCUT2D eigenvalue weighted by Gasteiger charge is 2.29. The zero-order valence-corrected chi connectivity index (χ0v) is 13.3. The summed E-state index contributed by atoms with van der Waals surface area (Å²) in [7, 11) is 0. The molecule has 0 radical (unpaired) electrons. The Labute approximate surface area is 128 Å². The molecule has 0 aliphatic carbocycles. The van der Waals surface area contributed by atoms with Crippen LogP contribution in [0.3, 0.4) is 0 Å². The molecule has 1 heterocycles. The number of hydrogen-bond acceptors (Lipinski definition) is 2. The molecule has 1 aromatic rings. The number of hydrogen-bond donors (Lipinski definition) is 1. The highest BCUT2D eigenvalue weighted by atomic mass is 16.2. The largest absolute Gasteiger partial charge is 0.338 e. The zero-order valence-electron chi connectivity index (χ0n) is 13.3. The van der Waals surface area contributed by atoms with E-state index < -0.39 is 0 Å². The van der Waals surface area contributed by atoms with E-state index >= 15 is 0 Å². The minimum absolute atomic E-state index is 0.245. The third-order valence-electron chi connectivity index (χ3n) is 4.74. The number of carbonyl (C=O) groups is 1. The van der Waals surface area contributed by atoms with Crippen LogP contribution >= 0.6 is 0 Å². The molecule has 2 N–H and O–H groups in total. The lowest BCUT2D eigenvalue weighted by molar-refractivity contribution is -0.135. The van der Waals surface area contributed by atoms with E-state index in [0.29, 0.717) is 13.0 Å². The topological polar surface area (TPSA) is 46.3 Å². The summed E-state index contributed by atoms with van der Waals surface area (Å²) in [5, 5.41) is 0. The Morgan fingerprint density at radius 3 is 2.67 bits per heavy atom. The maximum Gasteiger partial charge on any atom is 0.223 e. The van der Waals surface area contributed by atoms with Gasteiger partial charge in [0.05, 0.1) is 0 Å². The van der Waals surface area contributed by atoms with E-state index in [1.807, 2.05) is 4.90 Å². The van der Waals surface area contributed by atoms with Gasteiger partial charge in [-0.25, -0.2) is 0 Å². The van der Waals surface area contributed by atoms with E-state index in [1.165, 1.54) is 17.5 Å². The first-order valence-electron chi connectivity index (χ1n) is 8.19. The molecule has 1 aromatic carbocycles. The van der Waals surface area contributed by atoms with Gasteiger partial charge in [0, 0.05) is 25.6 Å². The molecule has 0 aromatic heterocycles. The Kier molecular flexibility index (Phi) is 5.80. The average Bonchev–Trinajstić information content (AvgIpc) is 2.53. The van der Waals surface area contributed by atoms with E-state index in [0.717, 1.165) is 31.7 Å². The van der Waals surface area contributed by atoms with E-state index in [-0.39, 0.29) is 11.9 Å². The predicted molar refractivity (Wildman–Crippen MR) is 87.1 cm³/mol. The number of nitrogens with two attached hydrogens (primary N) is 1. The molecule has 0 saturated carbocycles. The minimum atomic E-state index is 0.245. The Morgan fingerprint density at radius 2 is 2.05 bits per heavy atom. The van der Waals surface area contributed by atoms with Crippen LogP contribution in [-0.2, 0) is 11.2 Å². The third kappa shape index (κ3) is 4.31. The first-order valence-corrected chi connectivity index (χ1v) is 8.19. The normalized spacial score (nSPS) is 22.3. The van der Waals surface area contributed by atoms with Crippen molar-refractivity contribution in [3.05, 3.63) is 35.4 Å². The van der Waals surface area contributed by atoms with Crippen LogP contribution in [-0.4, -0.2) is 29.9 Å². The maximum atomic E-state index is 12.5. The second-order valence-corrected chi connectivity index (χ2v) is 6.26. The molecule has 116 valence electrons. The van der Waals surface area contributed by atoms with E-state index in [4.69, 9.17) is 5.73 Å². The molecule has 1 amide bonds. The summed E-state index contributed by atoms with van der Waals surface area (Å²) in [6, 6.07) is 8.69. The van der Waals surface area contributed by atoms with Crippen molar-refractivity contribution in [1.29, 1.82) is 0 Å². The molecular weight excluding hydrogens is 260 g/mol. The molecule has 0 spiro atoms. The van der Waals surface area contributed by atoms with E-state index in [9.17, 15) is 4.79 Å². The van der Waals surface area contributed by atoms with Crippen LogP contribution in [0.25, 0.3) is 0 Å². The van der Waals surface area contributed by atoms with Gasteiger partial charge in [-0.2, -0.15) is 0 Å². The van der Waals surface area contributed by atoms with Crippen LogP contribution in [0.15, 0.2) is 24.3 Å². The summed E-state index contributed by atoms with van der Waals surface area (Å²) < 4.78 is 0. The number of piperidine rings is 1. The first kappa shape index (κ1) is 16.0. The number of aryl methyl sites for hydroxylation is 2. The van der Waals surface area contributed by atoms with Crippen molar-refractivity contribution in [2.75, 3.05) is 13.1 Å². The monoisotopic (exact) mass is 288 g/mol. The van der Waals surface area contributed by atoms with Gasteiger partial charge in [0.25, 0.3) is 0 Å². The lowest BCUT2D eigenvalue weighted by Gasteiger charge is -2.39. The molecule has 1 aliphatic heterocycles. The van der Waals surface area contributed by atoms with Crippen molar-refractivity contribution in [1.82, 2.24) is 4.90 Å². The van der Waals surface area contributed by atoms with Gasteiger partial charge in [-0.05, 0) is 37.7 Å². The van der Waals surface area contributed by atoms with Gasteiger partial charge in [-0.15, -0.1) is 0 Å². The molecular formula is C18H28N2O. The lowest BCUT2D eigenvalue weighted by Crippen LogP contribution is -2.49. The van der Waals surface area contributed by atoms with Crippen LogP contribution in [0.2, 0.25) is 0 Å². The van der Waals surface area contributed by atoms with Crippen LogP contribution in [0.1, 0.15) is 43.7 Å². The number of amides is 1. The van der Waals surface area contributed by atoms with Gasteiger partial charge < -0.3 is 10.6 Å². The second-order valence-electron chi connectivity index (χ2n) is 6.26. The summed E-state index contributed by atoms with van der Waals surface area (Å²) in [6.45, 7) is 5.78. The molecule has 3 heteroatoms. The number of benzene rings is 1. The van der Waals surface area contributed by atoms with Crippen LogP contribution < -0.4 is 5.73 Å². The fourth-order valence-corrected chi connectivity index (χ4v) is 3.21. The van der Waals surface area contributed by atoms with Gasteiger partial charge >= 0.3 is 0 Å². The SMILES string of the molecule is CCC1CCN(C(=O)CCc2ccc(C)cc2)C(CN)C1. The van der Waals surface area contributed by atoms with Crippen molar-refractivity contribution in [3.63, 3.8) is 0 Å². The van der Waals surface area contributed by atoms with Crippen molar-refractivity contribution >= 4 is 5.91 Å². The summed E-state index contributed by atoms with van der Waals surface area (Å²) in [5.41, 5.74) is 8.38. The smallest absolute Gasteiger partial charge is 0.223 e. The van der Waals surface area contributed by atoms with Crippen LogP contribution in [0.5, 0.6) is 0 Å². The highest BCUT2D eigenvalue weighted by Crippen LogP contribution is 2.25. The Hall–Kier alpha value is -1.35. The summed E-state index contributed by atoms with van der Waals surface area (Å²) in [6.07, 6.45) is 4.81. The lowest BCUT2D eigenvalue weighted by atomic mass is 9.88. The maximum absolute atomic E-state index is 12.5. The predicted octanol–water partition coefficient (Wildman–Crippen LogP) is 2.90. The van der Waals surface area contributed by atoms with Gasteiger partial charge in [0.2, 0.25) is 5.91 Å². The van der Waals surface area contributed by atoms with Gasteiger partial charge in [0.15, 0.2) is 0 Å². The van der Waals surface area contributed by atoms with Gasteiger partial charge in [-0.3, -0.25) is 4.79 Å². The van der Waals surface area contributed by atoms with Crippen molar-refractivity contribution in [2.45, 2.75) is 52.0 Å². The molecule has 21 heavy (non-hydrogen) atoms. The molecule has 1 fully saturated rings. The number of nitrogens with zero attached hydrogens (tertiary/aromatic N) is 1. The third-order valence-corrected chi connectivity index (χ3v) is 4.74. The molecule has 2 unspecified atom stereocenters. The second kappa shape index (κ2) is 7.60. The Morgan fingerprint density at radius 1 is 1.33 bits per heavy atom. The average molecular weight is 288 g/mol. The fourth-order valence-electron chi connectivity index (χ4n) is 3.21. The molecule has 2 atom stereocenters. The number of carbonyl (C=O) groups excluding carboxylic acids is 1. The first-order chi connectivity index (χ1) is 10.1. The Bertz CT molecular complexity index is 455. The summed E-state index contributed by atoms with van der Waals surface area (Å²) >= 11 is 0. The zero-order chi connectivity index (χ0) is 15.2. The molecule has 2 rings (SSSR count). The quantitative estimate of drug-likeness (QED) is 0.905. The van der Waals surface area contributed by atoms with E-state index in [1.54, 1.807) is 0 Å². The molecule has 3 nitrogen and oxygen atoms in total. The van der Waals surface area contributed by atoms with Crippen molar-refractivity contribution in [3.8, 4) is 0 Å². The van der Waals surface area contributed by atoms with Gasteiger partial charge in [0.1, 0.15) is 0 Å². The standard InChI is InChI=1S/C18H28N2O/c1-3-15-10-11-20(17(12-15)13-19)18(21)9-8-16-6-4-14(2)5-7-16/h4-7,15,17H,3,8-13,19H2,1-2H3. The Balaban J connectivity index is 1.88. The molecule has 1 saturated heterocycles. The van der Waals surface area contributed by atoms with E-state index in [2.05, 4.69) is 38.1 Å². The van der Waals surface area contributed by atoms with Crippen LogP contribution in [0.4, 0.5) is 0 Å².